The lowest BCUT2D eigenvalue weighted by Crippen LogP contribution is -2.52. The molecule has 0 aromatic heterocycles. The first-order valence-electron chi connectivity index (χ1n) is 8.92. The van der Waals surface area contributed by atoms with Gasteiger partial charge in [-0.15, -0.1) is 0 Å². The zero-order valence-corrected chi connectivity index (χ0v) is 16.1. The van der Waals surface area contributed by atoms with E-state index in [-0.39, 0.29) is 40.4 Å². The van der Waals surface area contributed by atoms with Gasteiger partial charge in [-0.05, 0) is 31.0 Å². The fraction of sp³-hybridized carbons (Fsp3) is 0.556. The third-order valence-electron chi connectivity index (χ3n) is 5.20. The molecule has 1 aliphatic carbocycles. The van der Waals surface area contributed by atoms with Gasteiger partial charge in [0, 0.05) is 32.1 Å². The van der Waals surface area contributed by atoms with E-state index >= 15 is 0 Å². The van der Waals surface area contributed by atoms with Gasteiger partial charge in [0.2, 0.25) is 15.9 Å². The second-order valence-corrected chi connectivity index (χ2v) is 9.16. The maximum absolute atomic E-state index is 12.8. The van der Waals surface area contributed by atoms with Gasteiger partial charge < -0.3 is 4.90 Å². The summed E-state index contributed by atoms with van der Waals surface area (Å²) in [6.45, 7) is 1.38. The Morgan fingerprint density at radius 1 is 1.12 bits per heavy atom. The Morgan fingerprint density at radius 3 is 2.35 bits per heavy atom. The molecule has 0 bridgehead atoms. The Balaban J connectivity index is 1.66. The van der Waals surface area contributed by atoms with Gasteiger partial charge in [0.25, 0.3) is 0 Å². The minimum Gasteiger partial charge on any atom is -0.340 e. The molecule has 26 heavy (non-hydrogen) atoms. The van der Waals surface area contributed by atoms with E-state index in [0.29, 0.717) is 13.1 Å². The highest BCUT2D eigenvalue weighted by atomic mass is 35.5. The van der Waals surface area contributed by atoms with E-state index in [1.165, 1.54) is 28.9 Å². The fourth-order valence-electron chi connectivity index (χ4n) is 3.65. The zero-order valence-electron chi connectivity index (χ0n) is 14.5. The Bertz CT molecular complexity index is 821. The first-order chi connectivity index (χ1) is 12.4. The molecule has 2 aliphatic rings. The smallest absolute Gasteiger partial charge is 0.243 e. The quantitative estimate of drug-likeness (QED) is 0.787. The van der Waals surface area contributed by atoms with E-state index in [9.17, 15) is 13.2 Å². The topological polar surface area (TPSA) is 81.5 Å². The van der Waals surface area contributed by atoms with Gasteiger partial charge >= 0.3 is 0 Å². The van der Waals surface area contributed by atoms with Crippen molar-refractivity contribution in [1.82, 2.24) is 9.21 Å². The normalized spacial score (nSPS) is 19.9. The monoisotopic (exact) mass is 395 g/mol. The Morgan fingerprint density at radius 2 is 1.77 bits per heavy atom. The molecule has 0 spiro atoms. The molecule has 6 nitrogen and oxygen atoms in total. The molecule has 1 saturated carbocycles. The summed E-state index contributed by atoms with van der Waals surface area (Å²) in [5.74, 6) is 0.271. The number of piperazine rings is 1. The van der Waals surface area contributed by atoms with Gasteiger partial charge in [-0.1, -0.05) is 30.9 Å². The molecule has 0 N–H and O–H groups in total. The standard InChI is InChI=1S/C18H22ClN3O3S/c19-17-12-16(7-6-15(17)13-20)26(24,25)22-10-8-21(9-11-22)18(23)14-4-2-1-3-5-14/h6-7,12,14H,1-5,8-11H2. The van der Waals surface area contributed by atoms with Crippen molar-refractivity contribution in [3.8, 4) is 6.07 Å². The van der Waals surface area contributed by atoms with Crippen LogP contribution in [-0.4, -0.2) is 49.7 Å². The summed E-state index contributed by atoms with van der Waals surface area (Å²) in [7, 11) is -3.68. The summed E-state index contributed by atoms with van der Waals surface area (Å²) in [5.41, 5.74) is 0.244. The van der Waals surface area contributed by atoms with Gasteiger partial charge in [0.05, 0.1) is 15.5 Å². The van der Waals surface area contributed by atoms with E-state index in [4.69, 9.17) is 16.9 Å². The van der Waals surface area contributed by atoms with Crippen molar-refractivity contribution >= 4 is 27.5 Å². The first-order valence-corrected chi connectivity index (χ1v) is 10.7. The molecule has 1 aromatic rings. The Hall–Kier alpha value is -1.62. The summed E-state index contributed by atoms with van der Waals surface area (Å²) < 4.78 is 27.0. The highest BCUT2D eigenvalue weighted by Crippen LogP contribution is 2.27. The number of amides is 1. The number of hydrogen-bond acceptors (Lipinski definition) is 4. The van der Waals surface area contributed by atoms with Gasteiger partial charge in [0.1, 0.15) is 6.07 Å². The molecule has 1 aromatic carbocycles. The van der Waals surface area contributed by atoms with Crippen LogP contribution in [0.3, 0.4) is 0 Å². The van der Waals surface area contributed by atoms with Crippen molar-refractivity contribution in [3.63, 3.8) is 0 Å². The molecule has 140 valence electrons. The van der Waals surface area contributed by atoms with Crippen molar-refractivity contribution in [2.45, 2.75) is 37.0 Å². The van der Waals surface area contributed by atoms with E-state index in [1.807, 2.05) is 6.07 Å². The SMILES string of the molecule is N#Cc1ccc(S(=O)(=O)N2CCN(C(=O)C3CCCCC3)CC2)cc1Cl. The maximum atomic E-state index is 12.8. The first kappa shape index (κ1) is 19.2. The molecule has 0 radical (unpaired) electrons. The van der Waals surface area contributed by atoms with Gasteiger partial charge in [-0.25, -0.2) is 8.42 Å². The minimum atomic E-state index is -3.68. The van der Waals surface area contributed by atoms with Gasteiger partial charge in [-0.2, -0.15) is 9.57 Å². The predicted octanol–water partition coefficient (Wildman–Crippen LogP) is 2.62. The lowest BCUT2D eigenvalue weighted by Gasteiger charge is -2.36. The second-order valence-electron chi connectivity index (χ2n) is 6.82. The lowest BCUT2D eigenvalue weighted by atomic mass is 9.88. The van der Waals surface area contributed by atoms with Gasteiger partial charge in [-0.3, -0.25) is 4.79 Å². The van der Waals surface area contributed by atoms with Crippen LogP contribution in [0.4, 0.5) is 0 Å². The molecule has 0 atom stereocenters. The molecule has 1 saturated heterocycles. The molecule has 8 heteroatoms. The van der Waals surface area contributed by atoms with Crippen LogP contribution in [0.2, 0.25) is 5.02 Å². The molecule has 2 fully saturated rings. The largest absolute Gasteiger partial charge is 0.340 e. The van der Waals surface area contributed by atoms with E-state index < -0.39 is 10.0 Å². The summed E-state index contributed by atoms with van der Waals surface area (Å²) in [5, 5.41) is 9.04. The second kappa shape index (κ2) is 7.95. The van der Waals surface area contributed by atoms with Crippen LogP contribution >= 0.6 is 11.6 Å². The zero-order chi connectivity index (χ0) is 18.7. The molecule has 3 rings (SSSR count). The van der Waals surface area contributed by atoms with Crippen LogP contribution in [-0.2, 0) is 14.8 Å². The summed E-state index contributed by atoms with van der Waals surface area (Å²) in [4.78, 5) is 14.5. The van der Waals surface area contributed by atoms with Crippen molar-refractivity contribution in [2.75, 3.05) is 26.2 Å². The highest BCUT2D eigenvalue weighted by Gasteiger charge is 2.33. The highest BCUT2D eigenvalue weighted by molar-refractivity contribution is 7.89. The predicted molar refractivity (Wildman–Crippen MR) is 98.1 cm³/mol. The fourth-order valence-corrected chi connectivity index (χ4v) is 5.39. The number of rotatable bonds is 3. The summed E-state index contributed by atoms with van der Waals surface area (Å²) >= 11 is 5.97. The van der Waals surface area contributed by atoms with Crippen LogP contribution in [0, 0.1) is 17.2 Å². The molecule has 1 heterocycles. The average molecular weight is 396 g/mol. The minimum absolute atomic E-state index is 0.0774. The molecular formula is C18H22ClN3O3S. The summed E-state index contributed by atoms with van der Waals surface area (Å²) in [6, 6.07) is 6.05. The summed E-state index contributed by atoms with van der Waals surface area (Å²) in [6.07, 6.45) is 5.29. The Kier molecular flexibility index (Phi) is 5.86. The molecule has 0 unspecified atom stereocenters. The van der Waals surface area contributed by atoms with Crippen molar-refractivity contribution < 1.29 is 13.2 Å². The molecule has 1 aliphatic heterocycles. The number of carbonyl (C=O) groups is 1. The number of nitrogens with zero attached hydrogens (tertiary/aromatic N) is 3. The third kappa shape index (κ3) is 3.88. The van der Waals surface area contributed by atoms with Crippen LogP contribution < -0.4 is 0 Å². The number of sulfonamides is 1. The number of halogens is 1. The Labute approximate surface area is 159 Å². The van der Waals surface area contributed by atoms with E-state index in [2.05, 4.69) is 0 Å². The van der Waals surface area contributed by atoms with E-state index in [0.717, 1.165) is 25.7 Å². The lowest BCUT2D eigenvalue weighted by molar-refractivity contribution is -0.137. The maximum Gasteiger partial charge on any atom is 0.243 e. The van der Waals surface area contributed by atoms with Crippen molar-refractivity contribution in [3.05, 3.63) is 28.8 Å². The van der Waals surface area contributed by atoms with Crippen molar-refractivity contribution in [1.29, 1.82) is 5.26 Å². The molecular weight excluding hydrogens is 374 g/mol. The van der Waals surface area contributed by atoms with Crippen LogP contribution in [0.5, 0.6) is 0 Å². The number of carbonyl (C=O) groups excluding carboxylic acids is 1. The van der Waals surface area contributed by atoms with Crippen LogP contribution in [0.15, 0.2) is 23.1 Å². The number of hydrogen-bond donors (Lipinski definition) is 0. The van der Waals surface area contributed by atoms with Gasteiger partial charge in [0.15, 0.2) is 0 Å². The van der Waals surface area contributed by atoms with Crippen LogP contribution in [0.25, 0.3) is 0 Å². The number of nitriles is 1. The van der Waals surface area contributed by atoms with E-state index in [1.54, 1.807) is 4.90 Å². The average Bonchev–Trinajstić information content (AvgIpc) is 2.68. The third-order valence-corrected chi connectivity index (χ3v) is 7.41. The molecule has 1 amide bonds. The number of benzene rings is 1. The van der Waals surface area contributed by atoms with Crippen LogP contribution in [0.1, 0.15) is 37.7 Å². The van der Waals surface area contributed by atoms with Crippen molar-refractivity contribution in [2.24, 2.45) is 5.92 Å².